The Morgan fingerprint density at radius 3 is 2.46 bits per heavy atom. The highest BCUT2D eigenvalue weighted by molar-refractivity contribution is 7.99. The molecular weight excluding hydrogens is 334 g/mol. The monoisotopic (exact) mass is 352 g/mol. The third kappa shape index (κ3) is 4.96. The lowest BCUT2D eigenvalue weighted by Crippen LogP contribution is -1.99. The van der Waals surface area contributed by atoms with Crippen LogP contribution in [0.25, 0.3) is 0 Å². The number of hydrogen-bond donors (Lipinski definition) is 0. The van der Waals surface area contributed by atoms with Gasteiger partial charge in [0, 0.05) is 12.0 Å². The maximum absolute atomic E-state index is 12.5. The van der Waals surface area contributed by atoms with E-state index in [1.165, 1.54) is 7.11 Å². The van der Waals surface area contributed by atoms with Gasteiger partial charge < -0.3 is 9.47 Å². The Balaban J connectivity index is 2.02. The van der Waals surface area contributed by atoms with E-state index in [0.717, 1.165) is 5.56 Å². The molecule has 0 radical (unpaired) electrons. The fraction of sp³-hybridized carbons (Fsp3) is 0.278. The summed E-state index contributed by atoms with van der Waals surface area (Å²) >= 11 is 0.448. The molecule has 0 fully saturated rings. The average molecular weight is 352 g/mol. The zero-order chi connectivity index (χ0) is 17.5. The van der Waals surface area contributed by atoms with Gasteiger partial charge >= 0.3 is 0 Å². The van der Waals surface area contributed by atoms with Gasteiger partial charge in [-0.2, -0.15) is 8.78 Å². The molecule has 24 heavy (non-hydrogen) atoms. The van der Waals surface area contributed by atoms with E-state index in [2.05, 4.69) is 0 Å². The van der Waals surface area contributed by atoms with E-state index >= 15 is 0 Å². The number of carbonyl (C=O) groups is 1. The fourth-order valence-electron chi connectivity index (χ4n) is 2.10. The van der Waals surface area contributed by atoms with Gasteiger partial charge in [0.2, 0.25) is 0 Å². The van der Waals surface area contributed by atoms with Gasteiger partial charge in [-0.3, -0.25) is 4.79 Å². The molecule has 3 nitrogen and oxygen atoms in total. The van der Waals surface area contributed by atoms with Crippen molar-refractivity contribution in [1.82, 2.24) is 0 Å². The number of rotatable bonds is 8. The van der Waals surface area contributed by atoms with E-state index in [1.807, 2.05) is 6.92 Å². The number of ketones is 1. The van der Waals surface area contributed by atoms with E-state index in [4.69, 9.17) is 9.47 Å². The summed E-state index contributed by atoms with van der Waals surface area (Å²) in [4.78, 5) is 12.0. The number of Topliss-reactive ketones (excluding diaryl/α,β-unsaturated/α-hetero) is 1. The van der Waals surface area contributed by atoms with Crippen molar-refractivity contribution in [3.63, 3.8) is 0 Å². The molecule has 0 heterocycles. The first-order valence-corrected chi connectivity index (χ1v) is 8.29. The summed E-state index contributed by atoms with van der Waals surface area (Å²) in [5, 5.41) is 0. The van der Waals surface area contributed by atoms with Crippen molar-refractivity contribution in [2.45, 2.75) is 30.6 Å². The first-order chi connectivity index (χ1) is 11.5. The Kier molecular flexibility index (Phi) is 6.61. The minimum Gasteiger partial charge on any atom is -0.496 e. The molecular formula is C18H18F2O3S. The van der Waals surface area contributed by atoms with Crippen molar-refractivity contribution in [2.24, 2.45) is 0 Å². The van der Waals surface area contributed by atoms with Crippen molar-refractivity contribution in [3.8, 4) is 11.5 Å². The largest absolute Gasteiger partial charge is 0.496 e. The molecule has 0 bridgehead atoms. The first kappa shape index (κ1) is 18.3. The Hall–Kier alpha value is -2.08. The Bertz CT molecular complexity index is 687. The highest BCUT2D eigenvalue weighted by Crippen LogP contribution is 2.34. The number of thioether (sulfide) groups is 1. The summed E-state index contributed by atoms with van der Waals surface area (Å²) in [6.45, 7) is 2.09. The lowest BCUT2D eigenvalue weighted by molar-refractivity contribution is 0.0988. The van der Waals surface area contributed by atoms with Crippen LogP contribution in [0.1, 0.15) is 29.3 Å². The van der Waals surface area contributed by atoms with Gasteiger partial charge in [0.05, 0.1) is 12.0 Å². The number of ether oxygens (including phenoxy) is 2. The fourth-order valence-corrected chi connectivity index (χ4v) is 2.70. The Labute approximate surface area is 144 Å². The maximum Gasteiger partial charge on any atom is 0.289 e. The van der Waals surface area contributed by atoms with Crippen LogP contribution in [0.3, 0.4) is 0 Å². The summed E-state index contributed by atoms with van der Waals surface area (Å²) in [6.07, 6.45) is 0.461. The standard InChI is InChI=1S/C18H18F2O3S/c1-3-15(21)13-5-7-14(8-6-13)23-11-12-4-9-17(24-18(19)20)16(10-12)22-2/h4-10,18H,3,11H2,1-2H3. The molecule has 2 aromatic carbocycles. The topological polar surface area (TPSA) is 35.5 Å². The molecule has 0 saturated heterocycles. The van der Waals surface area contributed by atoms with Crippen molar-refractivity contribution >= 4 is 17.5 Å². The summed E-state index contributed by atoms with van der Waals surface area (Å²) in [7, 11) is 1.44. The number of halogens is 2. The van der Waals surface area contributed by atoms with Crippen LogP contribution < -0.4 is 9.47 Å². The quantitative estimate of drug-likeness (QED) is 0.484. The van der Waals surface area contributed by atoms with Gasteiger partial charge in [0.15, 0.2) is 5.78 Å². The summed E-state index contributed by atoms with van der Waals surface area (Å²) in [6, 6.07) is 11.9. The molecule has 0 spiro atoms. The number of methoxy groups -OCH3 is 1. The van der Waals surface area contributed by atoms with E-state index in [1.54, 1.807) is 42.5 Å². The van der Waals surface area contributed by atoms with Gasteiger partial charge in [-0.05, 0) is 42.0 Å². The molecule has 0 atom stereocenters. The molecule has 0 aliphatic rings. The number of alkyl halides is 2. The predicted octanol–water partition coefficient (Wildman–Crippen LogP) is 5.18. The molecule has 0 N–H and O–H groups in total. The van der Waals surface area contributed by atoms with E-state index < -0.39 is 5.76 Å². The van der Waals surface area contributed by atoms with Crippen LogP contribution in [0.4, 0.5) is 8.78 Å². The van der Waals surface area contributed by atoms with Crippen molar-refractivity contribution in [2.75, 3.05) is 7.11 Å². The van der Waals surface area contributed by atoms with Crippen LogP contribution in [0.2, 0.25) is 0 Å². The second kappa shape index (κ2) is 8.68. The smallest absolute Gasteiger partial charge is 0.289 e. The Morgan fingerprint density at radius 2 is 1.88 bits per heavy atom. The SMILES string of the molecule is CCC(=O)c1ccc(OCc2ccc(SC(F)F)c(OC)c2)cc1. The normalized spacial score (nSPS) is 10.7. The summed E-state index contributed by atoms with van der Waals surface area (Å²) in [5.74, 6) is -1.39. The summed E-state index contributed by atoms with van der Waals surface area (Å²) < 4.78 is 35.8. The van der Waals surface area contributed by atoms with Crippen LogP contribution in [0.15, 0.2) is 47.4 Å². The lowest BCUT2D eigenvalue weighted by atomic mass is 10.1. The van der Waals surface area contributed by atoms with E-state index in [0.29, 0.717) is 40.1 Å². The van der Waals surface area contributed by atoms with Gasteiger partial charge in [0.25, 0.3) is 5.76 Å². The van der Waals surface area contributed by atoms with Gasteiger partial charge in [0.1, 0.15) is 18.1 Å². The van der Waals surface area contributed by atoms with Crippen LogP contribution >= 0.6 is 11.8 Å². The second-order valence-electron chi connectivity index (χ2n) is 4.95. The van der Waals surface area contributed by atoms with Crippen LogP contribution in [0.5, 0.6) is 11.5 Å². The van der Waals surface area contributed by atoms with Crippen molar-refractivity contribution in [3.05, 3.63) is 53.6 Å². The van der Waals surface area contributed by atoms with Gasteiger partial charge in [-0.25, -0.2) is 0 Å². The number of carbonyl (C=O) groups excluding carboxylic acids is 1. The highest BCUT2D eigenvalue weighted by atomic mass is 32.2. The summed E-state index contributed by atoms with van der Waals surface area (Å²) in [5.41, 5.74) is 1.46. The molecule has 128 valence electrons. The van der Waals surface area contributed by atoms with E-state index in [-0.39, 0.29) is 12.4 Å². The molecule has 0 aromatic heterocycles. The molecule has 0 aliphatic carbocycles. The molecule has 0 amide bonds. The highest BCUT2D eigenvalue weighted by Gasteiger charge is 2.11. The molecule has 0 aliphatic heterocycles. The Morgan fingerprint density at radius 1 is 1.17 bits per heavy atom. The third-order valence-corrected chi connectivity index (χ3v) is 4.12. The van der Waals surface area contributed by atoms with Gasteiger partial charge in [-0.15, -0.1) is 0 Å². The molecule has 2 aromatic rings. The lowest BCUT2D eigenvalue weighted by Gasteiger charge is -2.11. The van der Waals surface area contributed by atoms with E-state index in [9.17, 15) is 13.6 Å². The molecule has 0 unspecified atom stereocenters. The third-order valence-electron chi connectivity index (χ3n) is 3.35. The van der Waals surface area contributed by atoms with Crippen molar-refractivity contribution in [1.29, 1.82) is 0 Å². The zero-order valence-electron chi connectivity index (χ0n) is 13.4. The minimum absolute atomic E-state index is 0.0819. The molecule has 0 saturated carbocycles. The molecule has 6 heteroatoms. The number of hydrogen-bond acceptors (Lipinski definition) is 4. The first-order valence-electron chi connectivity index (χ1n) is 7.41. The van der Waals surface area contributed by atoms with Crippen LogP contribution in [0, 0.1) is 0 Å². The average Bonchev–Trinajstić information content (AvgIpc) is 2.60. The van der Waals surface area contributed by atoms with Crippen LogP contribution in [-0.4, -0.2) is 18.7 Å². The van der Waals surface area contributed by atoms with Crippen LogP contribution in [-0.2, 0) is 6.61 Å². The van der Waals surface area contributed by atoms with Crippen molar-refractivity contribution < 1.29 is 23.0 Å². The molecule has 2 rings (SSSR count). The van der Waals surface area contributed by atoms with Gasteiger partial charge in [-0.1, -0.05) is 24.8 Å². The predicted molar refractivity (Wildman–Crippen MR) is 90.3 cm³/mol. The zero-order valence-corrected chi connectivity index (χ0v) is 14.2. The number of benzene rings is 2. The second-order valence-corrected chi connectivity index (χ2v) is 5.99. The minimum atomic E-state index is -2.50. The maximum atomic E-state index is 12.5.